The van der Waals surface area contributed by atoms with E-state index in [0.717, 1.165) is 31.9 Å². The Morgan fingerprint density at radius 1 is 1.14 bits per heavy atom. The molecule has 1 aliphatic heterocycles. The minimum absolute atomic E-state index is 0.0224. The van der Waals surface area contributed by atoms with E-state index in [1.807, 2.05) is 4.57 Å². The van der Waals surface area contributed by atoms with Crippen molar-refractivity contribution in [3.8, 4) is 5.69 Å². The van der Waals surface area contributed by atoms with Crippen molar-refractivity contribution in [2.45, 2.75) is 44.4 Å². The zero-order chi connectivity index (χ0) is 25.8. The zero-order valence-electron chi connectivity index (χ0n) is 20.4. The van der Waals surface area contributed by atoms with Crippen LogP contribution in [0.25, 0.3) is 27.5 Å². The van der Waals surface area contributed by atoms with Gasteiger partial charge < -0.3 is 9.30 Å². The third kappa shape index (κ3) is 4.63. The molecule has 192 valence electrons. The first-order chi connectivity index (χ1) is 17.0. The van der Waals surface area contributed by atoms with Gasteiger partial charge in [0, 0.05) is 47.5 Å². The van der Waals surface area contributed by atoms with Crippen molar-refractivity contribution in [1.29, 1.82) is 0 Å². The molecule has 4 aromatic rings. The highest BCUT2D eigenvalue weighted by Gasteiger charge is 2.31. The van der Waals surface area contributed by atoms with Crippen LogP contribution in [0.3, 0.4) is 0 Å². The summed E-state index contributed by atoms with van der Waals surface area (Å²) >= 11 is 2.16. The Morgan fingerprint density at radius 2 is 1.81 bits per heavy atom. The standard InChI is InChI=1S/C25H28F2IN3O3SSi/c1-36(2,3)13-12-35(32,33)31-24-17(15-29-31)14-20-21(22(24)27)23(28)25(16-8-10-34-11-9-16)30(20)19-6-4-18(26)5-7-19/h4-7,14-16H,8-13H2,1-3H3. The molecule has 1 fully saturated rings. The number of benzene rings is 2. The van der Waals surface area contributed by atoms with E-state index >= 15 is 4.39 Å². The molecule has 6 nitrogen and oxygen atoms in total. The quantitative estimate of drug-likeness (QED) is 0.184. The van der Waals surface area contributed by atoms with Crippen LogP contribution < -0.4 is 0 Å². The van der Waals surface area contributed by atoms with Crippen molar-refractivity contribution in [2.75, 3.05) is 19.0 Å². The molecule has 0 radical (unpaired) electrons. The first-order valence-corrected chi connectivity index (χ1v) is 18.3. The fourth-order valence-corrected chi connectivity index (χ4v) is 10.3. The molecule has 0 saturated carbocycles. The second kappa shape index (κ2) is 9.48. The molecule has 0 amide bonds. The molecule has 0 atom stereocenters. The van der Waals surface area contributed by atoms with Gasteiger partial charge in [-0.25, -0.2) is 17.2 Å². The molecule has 2 aromatic heterocycles. The van der Waals surface area contributed by atoms with Crippen molar-refractivity contribution in [3.05, 3.63) is 57.4 Å². The number of fused-ring (bicyclic) bond motifs is 2. The van der Waals surface area contributed by atoms with Gasteiger partial charge in [-0.15, -0.1) is 0 Å². The van der Waals surface area contributed by atoms with Crippen molar-refractivity contribution in [1.82, 2.24) is 13.8 Å². The summed E-state index contributed by atoms with van der Waals surface area (Å²) in [5.41, 5.74) is 2.25. The topological polar surface area (TPSA) is 66.1 Å². The van der Waals surface area contributed by atoms with E-state index < -0.39 is 23.9 Å². The predicted molar refractivity (Wildman–Crippen MR) is 149 cm³/mol. The van der Waals surface area contributed by atoms with Crippen LogP contribution in [0.2, 0.25) is 25.7 Å². The maximum Gasteiger partial charge on any atom is 0.254 e. The molecule has 0 spiro atoms. The molecule has 5 rings (SSSR count). The molecule has 2 aromatic carbocycles. The fourth-order valence-electron chi connectivity index (χ4n) is 4.79. The smallest absolute Gasteiger partial charge is 0.254 e. The third-order valence-electron chi connectivity index (χ3n) is 6.73. The summed E-state index contributed by atoms with van der Waals surface area (Å²) in [6.45, 7) is 7.53. The Hall–Kier alpha value is -1.83. The number of ether oxygens (including phenoxy) is 1. The van der Waals surface area contributed by atoms with Gasteiger partial charge in [0.2, 0.25) is 0 Å². The fraction of sp³-hybridized carbons (Fsp3) is 0.400. The SMILES string of the molecule is C[Si](C)(C)CCS(=O)(=O)n1ncc2cc3c(c(I)c(C4CCOCC4)n3-c3ccc(F)cc3)c(F)c21. The second-order valence-electron chi connectivity index (χ2n) is 10.5. The highest BCUT2D eigenvalue weighted by molar-refractivity contribution is 14.1. The number of hydrogen-bond acceptors (Lipinski definition) is 4. The van der Waals surface area contributed by atoms with Gasteiger partial charge in [-0.2, -0.15) is 9.19 Å². The summed E-state index contributed by atoms with van der Waals surface area (Å²) in [5.74, 6) is -0.897. The minimum Gasteiger partial charge on any atom is -0.381 e. The maximum absolute atomic E-state index is 16.3. The van der Waals surface area contributed by atoms with Crippen LogP contribution >= 0.6 is 22.6 Å². The molecule has 1 saturated heterocycles. The summed E-state index contributed by atoms with van der Waals surface area (Å²) < 4.78 is 65.6. The van der Waals surface area contributed by atoms with Crippen molar-refractivity contribution >= 4 is 62.5 Å². The van der Waals surface area contributed by atoms with Gasteiger partial charge in [0.1, 0.15) is 11.3 Å². The van der Waals surface area contributed by atoms with Crippen LogP contribution in [0.5, 0.6) is 0 Å². The van der Waals surface area contributed by atoms with Crippen LogP contribution in [0.1, 0.15) is 24.5 Å². The number of nitrogens with zero attached hydrogens (tertiary/aromatic N) is 3. The van der Waals surface area contributed by atoms with E-state index in [2.05, 4.69) is 47.3 Å². The average molecular weight is 644 g/mol. The first kappa shape index (κ1) is 25.8. The molecular formula is C25H28F2IN3O3SSi. The van der Waals surface area contributed by atoms with Crippen molar-refractivity contribution in [3.63, 3.8) is 0 Å². The number of aromatic nitrogens is 3. The number of halogens is 3. The Labute approximate surface area is 223 Å². The molecular weight excluding hydrogens is 615 g/mol. The van der Waals surface area contributed by atoms with E-state index in [4.69, 9.17) is 4.74 Å². The summed E-state index contributed by atoms with van der Waals surface area (Å²) in [5, 5.41) is 4.88. The molecule has 1 aliphatic rings. The molecule has 0 N–H and O–H groups in total. The van der Waals surface area contributed by atoms with Gasteiger partial charge in [0.25, 0.3) is 10.0 Å². The van der Waals surface area contributed by atoms with Crippen molar-refractivity contribution < 1.29 is 21.9 Å². The van der Waals surface area contributed by atoms with E-state index in [9.17, 15) is 12.8 Å². The Balaban J connectivity index is 1.77. The van der Waals surface area contributed by atoms with Gasteiger partial charge >= 0.3 is 0 Å². The minimum atomic E-state index is -3.83. The van der Waals surface area contributed by atoms with Gasteiger partial charge in [-0.3, -0.25) is 0 Å². The Bertz CT molecular complexity index is 1550. The lowest BCUT2D eigenvalue weighted by Crippen LogP contribution is -2.27. The number of hydrogen-bond donors (Lipinski definition) is 0. The van der Waals surface area contributed by atoms with Crippen molar-refractivity contribution in [2.24, 2.45) is 0 Å². The van der Waals surface area contributed by atoms with E-state index in [-0.39, 0.29) is 23.0 Å². The Kier molecular flexibility index (Phi) is 6.79. The molecule has 36 heavy (non-hydrogen) atoms. The molecule has 0 aliphatic carbocycles. The highest BCUT2D eigenvalue weighted by Crippen LogP contribution is 2.42. The largest absolute Gasteiger partial charge is 0.381 e. The lowest BCUT2D eigenvalue weighted by atomic mass is 9.96. The van der Waals surface area contributed by atoms with Crippen LogP contribution in [0.15, 0.2) is 36.5 Å². The van der Waals surface area contributed by atoms with Gasteiger partial charge in [-0.1, -0.05) is 19.6 Å². The molecule has 3 heterocycles. The zero-order valence-corrected chi connectivity index (χ0v) is 24.4. The summed E-state index contributed by atoms with van der Waals surface area (Å²) in [6.07, 6.45) is 2.98. The normalized spacial score (nSPS) is 15.8. The monoisotopic (exact) mass is 643 g/mol. The summed E-state index contributed by atoms with van der Waals surface area (Å²) in [7, 11) is -5.46. The van der Waals surface area contributed by atoms with Crippen LogP contribution in [-0.2, 0) is 14.8 Å². The number of rotatable bonds is 6. The molecule has 0 bridgehead atoms. The lowest BCUT2D eigenvalue weighted by Gasteiger charge is -2.24. The van der Waals surface area contributed by atoms with E-state index in [1.54, 1.807) is 18.2 Å². The Morgan fingerprint density at radius 3 is 2.44 bits per heavy atom. The van der Waals surface area contributed by atoms with Gasteiger partial charge in [0.05, 0.1) is 22.9 Å². The third-order valence-corrected chi connectivity index (χ3v) is 11.5. The van der Waals surface area contributed by atoms with Crippen LogP contribution in [0.4, 0.5) is 8.78 Å². The van der Waals surface area contributed by atoms with E-state index in [0.29, 0.717) is 35.5 Å². The average Bonchev–Trinajstić information content (AvgIpc) is 3.39. The molecule has 11 heteroatoms. The molecule has 0 unspecified atom stereocenters. The first-order valence-electron chi connectivity index (χ1n) is 11.9. The summed E-state index contributed by atoms with van der Waals surface area (Å²) in [6, 6.07) is 8.49. The van der Waals surface area contributed by atoms with Gasteiger partial charge in [0.15, 0.2) is 5.82 Å². The maximum atomic E-state index is 16.3. The van der Waals surface area contributed by atoms with E-state index in [1.165, 1.54) is 18.3 Å². The predicted octanol–water partition coefficient (Wildman–Crippen LogP) is 6.27. The highest BCUT2D eigenvalue weighted by atomic mass is 127. The van der Waals surface area contributed by atoms with Crippen LogP contribution in [0, 0.1) is 15.2 Å². The summed E-state index contributed by atoms with van der Waals surface area (Å²) in [4.78, 5) is 0. The van der Waals surface area contributed by atoms with Gasteiger partial charge in [-0.05, 0) is 71.8 Å². The lowest BCUT2D eigenvalue weighted by molar-refractivity contribution is 0.0841. The van der Waals surface area contributed by atoms with Crippen LogP contribution in [-0.4, -0.2) is 49.2 Å². The second-order valence-corrected chi connectivity index (χ2v) is 19.2.